The summed E-state index contributed by atoms with van der Waals surface area (Å²) in [4.78, 5) is 5.50. The van der Waals surface area contributed by atoms with Crippen molar-refractivity contribution in [2.24, 2.45) is 4.99 Å². The van der Waals surface area contributed by atoms with Gasteiger partial charge in [0, 0.05) is 11.3 Å². The number of rotatable bonds is 5. The second-order valence-corrected chi connectivity index (χ2v) is 12.0. The van der Waals surface area contributed by atoms with E-state index in [1.54, 1.807) is 0 Å². The van der Waals surface area contributed by atoms with Gasteiger partial charge in [-0.25, -0.2) is 0 Å². The van der Waals surface area contributed by atoms with Gasteiger partial charge in [0.15, 0.2) is 0 Å². The Kier molecular flexibility index (Phi) is 7.00. The van der Waals surface area contributed by atoms with Gasteiger partial charge in [0.2, 0.25) is 0 Å². The van der Waals surface area contributed by atoms with Gasteiger partial charge >= 0.3 is 0 Å². The molecule has 0 heterocycles. The van der Waals surface area contributed by atoms with E-state index in [9.17, 15) is 0 Å². The lowest BCUT2D eigenvalue weighted by Crippen LogP contribution is -1.97. The van der Waals surface area contributed by atoms with Crippen molar-refractivity contribution < 1.29 is 0 Å². The molecule has 8 aromatic rings. The monoisotopic (exact) mass is 587 g/mol. The van der Waals surface area contributed by atoms with Crippen LogP contribution in [0.3, 0.4) is 0 Å². The zero-order valence-electron chi connectivity index (χ0n) is 26.0. The van der Waals surface area contributed by atoms with Crippen LogP contribution in [0.1, 0.15) is 18.1 Å². The Bertz CT molecular complexity index is 2410. The molecule has 0 unspecified atom stereocenters. The van der Waals surface area contributed by atoms with Crippen LogP contribution < -0.4 is 0 Å². The van der Waals surface area contributed by atoms with Gasteiger partial charge in [0.25, 0.3) is 0 Å². The lowest BCUT2D eigenvalue weighted by molar-refractivity contribution is 1.40. The Hall–Kier alpha value is -5.79. The number of benzene rings is 8. The molecule has 0 aliphatic rings. The Morgan fingerprint density at radius 3 is 1.48 bits per heavy atom. The van der Waals surface area contributed by atoms with Crippen molar-refractivity contribution in [3.05, 3.63) is 175 Å². The summed E-state index contributed by atoms with van der Waals surface area (Å²) < 4.78 is 0. The van der Waals surface area contributed by atoms with E-state index in [1.807, 2.05) is 0 Å². The molecule has 8 aromatic carbocycles. The molecule has 0 amide bonds. The van der Waals surface area contributed by atoms with Crippen molar-refractivity contribution >= 4 is 43.7 Å². The second-order valence-electron chi connectivity index (χ2n) is 12.0. The average Bonchev–Trinajstić information content (AvgIpc) is 3.12. The third-order valence-corrected chi connectivity index (χ3v) is 9.20. The normalized spacial score (nSPS) is 11.8. The summed E-state index contributed by atoms with van der Waals surface area (Å²) in [5.41, 5.74) is 11.5. The van der Waals surface area contributed by atoms with Gasteiger partial charge < -0.3 is 0 Å². The molecule has 0 radical (unpaired) electrons. The van der Waals surface area contributed by atoms with Crippen LogP contribution in [0.5, 0.6) is 0 Å². The summed E-state index contributed by atoms with van der Waals surface area (Å²) in [6.07, 6.45) is 0. The molecule has 0 saturated carbocycles. The van der Waals surface area contributed by atoms with Crippen LogP contribution in [0.2, 0.25) is 0 Å². The molecule has 0 N–H and O–H groups in total. The van der Waals surface area contributed by atoms with Crippen LogP contribution in [-0.4, -0.2) is 5.71 Å². The van der Waals surface area contributed by atoms with E-state index in [1.165, 1.54) is 71.3 Å². The number of hydrogen-bond donors (Lipinski definition) is 0. The van der Waals surface area contributed by atoms with Crippen molar-refractivity contribution in [1.29, 1.82) is 0 Å². The zero-order chi connectivity index (χ0) is 31.0. The molecule has 0 aliphatic carbocycles. The number of aliphatic imine (C=N–C) groups is 1. The quantitative estimate of drug-likeness (QED) is 0.178. The summed E-state index contributed by atoms with van der Waals surface area (Å²) in [6, 6.07) is 58.9. The highest BCUT2D eigenvalue weighted by molar-refractivity contribution is 6.14. The highest BCUT2D eigenvalue weighted by atomic mass is 14.8. The van der Waals surface area contributed by atoms with E-state index >= 15 is 0 Å². The molecule has 0 spiro atoms. The van der Waals surface area contributed by atoms with Gasteiger partial charge in [0.1, 0.15) is 0 Å². The molecule has 1 heteroatoms. The van der Waals surface area contributed by atoms with Gasteiger partial charge in [0.05, 0.1) is 5.69 Å². The first-order valence-corrected chi connectivity index (χ1v) is 15.9. The predicted octanol–water partition coefficient (Wildman–Crippen LogP) is 12.6. The van der Waals surface area contributed by atoms with E-state index in [-0.39, 0.29) is 0 Å². The lowest BCUT2D eigenvalue weighted by atomic mass is 9.86. The maximum absolute atomic E-state index is 5.50. The van der Waals surface area contributed by atoms with Crippen molar-refractivity contribution in [1.82, 2.24) is 0 Å². The van der Waals surface area contributed by atoms with Gasteiger partial charge in [-0.15, -0.1) is 0 Å². The fourth-order valence-electron chi connectivity index (χ4n) is 6.81. The summed E-state index contributed by atoms with van der Waals surface area (Å²) in [6.45, 7) is 4.37. The minimum absolute atomic E-state index is 0.990. The van der Waals surface area contributed by atoms with Crippen molar-refractivity contribution in [3.63, 3.8) is 0 Å². The topological polar surface area (TPSA) is 12.4 Å². The highest BCUT2D eigenvalue weighted by Gasteiger charge is 2.20. The van der Waals surface area contributed by atoms with E-state index < -0.39 is 0 Å². The molecule has 0 fully saturated rings. The molecule has 46 heavy (non-hydrogen) atoms. The SMILES string of the molecule is CC(=Nc1c(C)c(-c2ccc3ccccc3c2)c2ccccc2c1-c1ccc2ccccc2c1)c1ccc(-c2ccccc2)cc1. The van der Waals surface area contributed by atoms with Crippen molar-refractivity contribution in [2.45, 2.75) is 13.8 Å². The molecular weight excluding hydrogens is 555 g/mol. The van der Waals surface area contributed by atoms with Crippen LogP contribution in [0, 0.1) is 6.92 Å². The van der Waals surface area contributed by atoms with Crippen LogP contribution in [0.25, 0.3) is 65.7 Å². The number of fused-ring (bicyclic) bond motifs is 3. The summed E-state index contributed by atoms with van der Waals surface area (Å²) >= 11 is 0. The molecule has 1 nitrogen and oxygen atoms in total. The third-order valence-electron chi connectivity index (χ3n) is 9.20. The molecule has 8 rings (SSSR count). The summed E-state index contributed by atoms with van der Waals surface area (Å²) in [5, 5.41) is 7.39. The third kappa shape index (κ3) is 4.97. The first-order chi connectivity index (χ1) is 22.6. The van der Waals surface area contributed by atoms with E-state index in [0.29, 0.717) is 0 Å². The van der Waals surface area contributed by atoms with E-state index in [2.05, 4.69) is 178 Å². The molecule has 218 valence electrons. The van der Waals surface area contributed by atoms with Gasteiger partial charge in [-0.3, -0.25) is 4.99 Å². The predicted molar refractivity (Wildman–Crippen MR) is 198 cm³/mol. The average molecular weight is 588 g/mol. The molecule has 0 atom stereocenters. The second kappa shape index (κ2) is 11.6. The van der Waals surface area contributed by atoms with Gasteiger partial charge in [-0.05, 0) is 97.2 Å². The van der Waals surface area contributed by atoms with E-state index in [0.717, 1.165) is 17.0 Å². The molecule has 0 bridgehead atoms. The van der Waals surface area contributed by atoms with Crippen molar-refractivity contribution in [2.75, 3.05) is 0 Å². The van der Waals surface area contributed by atoms with Crippen LogP contribution in [-0.2, 0) is 0 Å². The first-order valence-electron chi connectivity index (χ1n) is 15.9. The molecule has 0 saturated heterocycles. The number of nitrogens with zero attached hydrogens (tertiary/aromatic N) is 1. The van der Waals surface area contributed by atoms with Crippen molar-refractivity contribution in [3.8, 4) is 33.4 Å². The Morgan fingerprint density at radius 2 is 0.870 bits per heavy atom. The van der Waals surface area contributed by atoms with Crippen LogP contribution >= 0.6 is 0 Å². The van der Waals surface area contributed by atoms with E-state index in [4.69, 9.17) is 4.99 Å². The van der Waals surface area contributed by atoms with Crippen LogP contribution in [0.15, 0.2) is 169 Å². The molecule has 0 aromatic heterocycles. The lowest BCUT2D eigenvalue weighted by Gasteiger charge is -2.20. The van der Waals surface area contributed by atoms with Crippen LogP contribution in [0.4, 0.5) is 5.69 Å². The summed E-state index contributed by atoms with van der Waals surface area (Å²) in [5.74, 6) is 0. The van der Waals surface area contributed by atoms with Gasteiger partial charge in [-0.2, -0.15) is 0 Å². The number of hydrogen-bond acceptors (Lipinski definition) is 1. The Labute approximate surface area is 270 Å². The summed E-state index contributed by atoms with van der Waals surface area (Å²) in [7, 11) is 0. The largest absolute Gasteiger partial charge is 0.252 e. The standard InChI is InChI=1S/C45H33N/c1-30-43(39-26-24-34-14-6-8-16-37(34)28-39)41-18-10-11-19-42(41)44(40-27-25-35-15-7-9-17-38(35)29-40)45(30)46-31(2)32-20-22-36(23-21-32)33-12-4-3-5-13-33/h3-29H,1-2H3. The minimum atomic E-state index is 0.990. The fraction of sp³-hybridized carbons (Fsp3) is 0.0444. The molecule has 0 aliphatic heterocycles. The molecular formula is C45H33N. The fourth-order valence-corrected chi connectivity index (χ4v) is 6.81. The maximum atomic E-state index is 5.50. The highest BCUT2D eigenvalue weighted by Crippen LogP contribution is 2.47. The first kappa shape index (κ1) is 27.7. The Balaban J connectivity index is 1.38. The zero-order valence-corrected chi connectivity index (χ0v) is 26.0. The van der Waals surface area contributed by atoms with Gasteiger partial charge in [-0.1, -0.05) is 152 Å². The Morgan fingerprint density at radius 1 is 0.413 bits per heavy atom. The smallest absolute Gasteiger partial charge is 0.0753 e. The maximum Gasteiger partial charge on any atom is 0.0753 e. The minimum Gasteiger partial charge on any atom is -0.252 e.